The molecule has 0 aromatic carbocycles. The first-order valence-electron chi connectivity index (χ1n) is 4.13. The normalized spacial score (nSPS) is 24.3. The van der Waals surface area contributed by atoms with E-state index in [-0.39, 0.29) is 12.1 Å². The van der Waals surface area contributed by atoms with E-state index in [1.165, 1.54) is 5.57 Å². The van der Waals surface area contributed by atoms with Crippen molar-refractivity contribution >= 4 is 5.97 Å². The molecule has 0 fully saturated rings. The van der Waals surface area contributed by atoms with E-state index >= 15 is 0 Å². The summed E-state index contributed by atoms with van der Waals surface area (Å²) in [6.45, 7) is 5.98. The molecule has 2 heteroatoms. The smallest absolute Gasteiger partial charge is 0.334 e. The minimum Gasteiger partial charge on any atom is -0.455 e. The Kier molecular flexibility index (Phi) is 2.32. The highest BCUT2D eigenvalue weighted by Gasteiger charge is 2.27. The number of ether oxygens (including phenoxy) is 1. The van der Waals surface area contributed by atoms with Crippen molar-refractivity contribution in [3.8, 4) is 0 Å². The van der Waals surface area contributed by atoms with Crippen LogP contribution < -0.4 is 0 Å². The molecule has 0 aromatic rings. The van der Waals surface area contributed by atoms with Crippen molar-refractivity contribution in [1.29, 1.82) is 0 Å². The molecule has 0 amide bonds. The number of hydrogen-bond acceptors (Lipinski definition) is 2. The molecular weight excluding hydrogens is 140 g/mol. The maximum Gasteiger partial charge on any atom is 0.334 e. The van der Waals surface area contributed by atoms with Crippen LogP contribution in [-0.2, 0) is 9.53 Å². The number of carbonyl (C=O) groups excluding carboxylic acids is 1. The maximum atomic E-state index is 11.1. The molecule has 0 unspecified atom stereocenters. The van der Waals surface area contributed by atoms with Crippen LogP contribution in [0.2, 0.25) is 0 Å². The number of hydrogen-bond donors (Lipinski definition) is 0. The average molecular weight is 154 g/mol. The van der Waals surface area contributed by atoms with Crippen molar-refractivity contribution in [2.45, 2.75) is 39.7 Å². The zero-order valence-electron chi connectivity index (χ0n) is 7.31. The number of carbonyl (C=O) groups is 1. The lowest BCUT2D eigenvalue weighted by atomic mass is 10.0. The van der Waals surface area contributed by atoms with Crippen LogP contribution in [-0.4, -0.2) is 12.1 Å². The van der Waals surface area contributed by atoms with E-state index in [9.17, 15) is 4.79 Å². The first-order chi connectivity index (χ1) is 5.20. The van der Waals surface area contributed by atoms with Crippen LogP contribution in [0.15, 0.2) is 11.1 Å². The highest BCUT2D eigenvalue weighted by molar-refractivity contribution is 5.92. The van der Waals surface area contributed by atoms with E-state index in [4.69, 9.17) is 4.74 Å². The molecule has 0 aromatic heterocycles. The minimum atomic E-state index is -0.114. The average Bonchev–Trinajstić information content (AvgIpc) is 2.24. The van der Waals surface area contributed by atoms with Gasteiger partial charge in [0, 0.05) is 5.57 Å². The third kappa shape index (κ3) is 1.30. The predicted molar refractivity (Wildman–Crippen MR) is 43.2 cm³/mol. The summed E-state index contributed by atoms with van der Waals surface area (Å²) < 4.78 is 5.06. The summed E-state index contributed by atoms with van der Waals surface area (Å²) in [4.78, 5) is 11.1. The Labute approximate surface area is 67.2 Å². The molecule has 1 rings (SSSR count). The second-order valence-corrected chi connectivity index (χ2v) is 2.76. The summed E-state index contributed by atoms with van der Waals surface area (Å²) in [5, 5.41) is 0. The van der Waals surface area contributed by atoms with Gasteiger partial charge in [0.15, 0.2) is 0 Å². The Hall–Kier alpha value is -0.790. The molecule has 2 nitrogen and oxygen atoms in total. The Morgan fingerprint density at radius 1 is 1.36 bits per heavy atom. The fourth-order valence-corrected chi connectivity index (χ4v) is 1.55. The molecule has 1 aliphatic heterocycles. The Morgan fingerprint density at radius 3 is 2.36 bits per heavy atom. The standard InChI is InChI=1S/C9H14O2/c1-4-7-6(3)11-9(10)8(7)5-2/h6H,4-5H2,1-3H3/t6-/m1/s1. The summed E-state index contributed by atoms with van der Waals surface area (Å²) >= 11 is 0. The van der Waals surface area contributed by atoms with Crippen molar-refractivity contribution in [3.05, 3.63) is 11.1 Å². The molecule has 0 aliphatic carbocycles. The summed E-state index contributed by atoms with van der Waals surface area (Å²) in [6, 6.07) is 0. The number of esters is 1. The van der Waals surface area contributed by atoms with E-state index in [2.05, 4.69) is 6.92 Å². The molecule has 0 N–H and O–H groups in total. The van der Waals surface area contributed by atoms with Gasteiger partial charge in [-0.2, -0.15) is 0 Å². The van der Waals surface area contributed by atoms with Crippen molar-refractivity contribution in [1.82, 2.24) is 0 Å². The Balaban J connectivity index is 2.92. The van der Waals surface area contributed by atoms with Crippen LogP contribution in [0.25, 0.3) is 0 Å². The highest BCUT2D eigenvalue weighted by Crippen LogP contribution is 2.26. The molecule has 62 valence electrons. The lowest BCUT2D eigenvalue weighted by Crippen LogP contribution is -2.05. The highest BCUT2D eigenvalue weighted by atomic mass is 16.5. The molecule has 0 bridgehead atoms. The summed E-state index contributed by atoms with van der Waals surface area (Å²) in [7, 11) is 0. The van der Waals surface area contributed by atoms with Gasteiger partial charge in [-0.15, -0.1) is 0 Å². The SMILES string of the molecule is CCC1=C(CC)[C@@H](C)OC1=O. The molecule has 1 aliphatic rings. The number of rotatable bonds is 2. The van der Waals surface area contributed by atoms with Crippen molar-refractivity contribution < 1.29 is 9.53 Å². The van der Waals surface area contributed by atoms with Crippen LogP contribution in [0.1, 0.15) is 33.6 Å². The van der Waals surface area contributed by atoms with Crippen LogP contribution in [0.4, 0.5) is 0 Å². The zero-order chi connectivity index (χ0) is 8.43. The molecule has 0 radical (unpaired) electrons. The van der Waals surface area contributed by atoms with E-state index in [1.807, 2.05) is 13.8 Å². The lowest BCUT2D eigenvalue weighted by molar-refractivity contribution is -0.139. The van der Waals surface area contributed by atoms with E-state index < -0.39 is 0 Å². The predicted octanol–water partition coefficient (Wildman–Crippen LogP) is 2.05. The monoisotopic (exact) mass is 154 g/mol. The summed E-state index contributed by atoms with van der Waals surface area (Å²) in [5.41, 5.74) is 2.07. The molecule has 1 heterocycles. The zero-order valence-corrected chi connectivity index (χ0v) is 7.31. The van der Waals surface area contributed by atoms with E-state index in [1.54, 1.807) is 0 Å². The van der Waals surface area contributed by atoms with Crippen LogP contribution in [0.5, 0.6) is 0 Å². The van der Waals surface area contributed by atoms with Gasteiger partial charge >= 0.3 is 5.97 Å². The molecule has 0 saturated heterocycles. The van der Waals surface area contributed by atoms with Crippen LogP contribution in [0, 0.1) is 0 Å². The molecule has 11 heavy (non-hydrogen) atoms. The number of cyclic esters (lactones) is 1. The van der Waals surface area contributed by atoms with Gasteiger partial charge < -0.3 is 4.74 Å². The summed E-state index contributed by atoms with van der Waals surface area (Å²) in [6.07, 6.45) is 1.74. The molecule has 0 spiro atoms. The third-order valence-corrected chi connectivity index (χ3v) is 2.14. The quantitative estimate of drug-likeness (QED) is 0.569. The van der Waals surface area contributed by atoms with Crippen molar-refractivity contribution in [2.24, 2.45) is 0 Å². The van der Waals surface area contributed by atoms with Crippen LogP contribution >= 0.6 is 0 Å². The van der Waals surface area contributed by atoms with E-state index in [0.717, 1.165) is 18.4 Å². The second kappa shape index (κ2) is 3.07. The van der Waals surface area contributed by atoms with Crippen molar-refractivity contribution in [3.63, 3.8) is 0 Å². The van der Waals surface area contributed by atoms with Gasteiger partial charge in [-0.1, -0.05) is 13.8 Å². The largest absolute Gasteiger partial charge is 0.455 e. The first-order valence-corrected chi connectivity index (χ1v) is 4.13. The Bertz CT molecular complexity index is 204. The van der Waals surface area contributed by atoms with Gasteiger partial charge in [0.25, 0.3) is 0 Å². The second-order valence-electron chi connectivity index (χ2n) is 2.76. The fourth-order valence-electron chi connectivity index (χ4n) is 1.55. The lowest BCUT2D eigenvalue weighted by Gasteiger charge is -2.04. The molecular formula is C9H14O2. The summed E-state index contributed by atoms with van der Waals surface area (Å²) in [5.74, 6) is -0.114. The van der Waals surface area contributed by atoms with Crippen molar-refractivity contribution in [2.75, 3.05) is 0 Å². The fraction of sp³-hybridized carbons (Fsp3) is 0.667. The first kappa shape index (κ1) is 8.31. The molecule has 0 saturated carbocycles. The maximum absolute atomic E-state index is 11.1. The van der Waals surface area contributed by atoms with Gasteiger partial charge in [0.2, 0.25) is 0 Å². The van der Waals surface area contributed by atoms with Gasteiger partial charge in [0.1, 0.15) is 6.10 Å². The van der Waals surface area contributed by atoms with E-state index in [0.29, 0.717) is 0 Å². The third-order valence-electron chi connectivity index (χ3n) is 2.14. The topological polar surface area (TPSA) is 26.3 Å². The van der Waals surface area contributed by atoms with Gasteiger partial charge in [-0.3, -0.25) is 0 Å². The minimum absolute atomic E-state index is 0.0162. The van der Waals surface area contributed by atoms with Gasteiger partial charge in [0.05, 0.1) is 0 Å². The Morgan fingerprint density at radius 2 is 2.00 bits per heavy atom. The van der Waals surface area contributed by atoms with Gasteiger partial charge in [-0.05, 0) is 25.3 Å². The molecule has 1 atom stereocenters. The van der Waals surface area contributed by atoms with Crippen LogP contribution in [0.3, 0.4) is 0 Å². The van der Waals surface area contributed by atoms with Gasteiger partial charge in [-0.25, -0.2) is 4.79 Å².